The zero-order valence-corrected chi connectivity index (χ0v) is 18.4. The van der Waals surface area contributed by atoms with Gasteiger partial charge in [-0.25, -0.2) is 0 Å². The van der Waals surface area contributed by atoms with Gasteiger partial charge >= 0.3 is 0 Å². The molecule has 7 nitrogen and oxygen atoms in total. The minimum atomic E-state index is 0. The molecule has 1 fully saturated rings. The molecule has 1 aromatic heterocycles. The summed E-state index contributed by atoms with van der Waals surface area (Å²) in [5.41, 5.74) is 2.62. The number of aromatic nitrogens is 2. The molecule has 1 aliphatic heterocycles. The number of rotatable bonds is 7. The van der Waals surface area contributed by atoms with Crippen molar-refractivity contribution < 1.29 is 4.52 Å². The standard InChI is InChI=1S/C19H28N6O.HI/c1-15-23-18(26-24-15)9-10-21-19(20-2)22-13-16-5-7-17(8-6-16)14-25-11-3-4-12-25;/h5-8H,3-4,9-14H2,1-2H3,(H2,20,21,22);1H. The predicted octanol–water partition coefficient (Wildman–Crippen LogP) is 2.50. The Morgan fingerprint density at radius 1 is 1.15 bits per heavy atom. The van der Waals surface area contributed by atoms with E-state index in [0.717, 1.165) is 19.0 Å². The molecule has 0 radical (unpaired) electrons. The SMILES string of the molecule is CN=C(NCCc1nc(C)no1)NCc1ccc(CN2CCCC2)cc1.I. The van der Waals surface area contributed by atoms with Crippen LogP contribution in [0.3, 0.4) is 0 Å². The fourth-order valence-electron chi connectivity index (χ4n) is 3.10. The number of aryl methyl sites for hydroxylation is 1. The van der Waals surface area contributed by atoms with Crippen LogP contribution < -0.4 is 10.6 Å². The molecule has 1 aliphatic rings. The van der Waals surface area contributed by atoms with Gasteiger partial charge in [0, 0.05) is 33.1 Å². The lowest BCUT2D eigenvalue weighted by molar-refractivity contribution is 0.331. The average Bonchev–Trinajstić information content (AvgIpc) is 3.31. The quantitative estimate of drug-likeness (QED) is 0.357. The van der Waals surface area contributed by atoms with E-state index < -0.39 is 0 Å². The third-order valence-corrected chi connectivity index (χ3v) is 4.51. The highest BCUT2D eigenvalue weighted by Gasteiger charge is 2.11. The van der Waals surface area contributed by atoms with Crippen LogP contribution in [0.15, 0.2) is 33.8 Å². The lowest BCUT2D eigenvalue weighted by Crippen LogP contribution is -2.37. The molecular formula is C19H29IN6O. The van der Waals surface area contributed by atoms with E-state index in [4.69, 9.17) is 4.52 Å². The maximum atomic E-state index is 5.10. The number of nitrogens with one attached hydrogen (secondary N) is 2. The van der Waals surface area contributed by atoms with Crippen LogP contribution in [0.1, 0.15) is 35.7 Å². The topological polar surface area (TPSA) is 78.6 Å². The molecule has 0 atom stereocenters. The summed E-state index contributed by atoms with van der Waals surface area (Å²) in [6.07, 6.45) is 3.34. The Bertz CT molecular complexity index is 709. The van der Waals surface area contributed by atoms with Crippen molar-refractivity contribution in [3.8, 4) is 0 Å². The zero-order valence-electron chi connectivity index (χ0n) is 16.1. The lowest BCUT2D eigenvalue weighted by Gasteiger charge is -2.15. The van der Waals surface area contributed by atoms with Crippen molar-refractivity contribution in [3.05, 3.63) is 47.1 Å². The number of guanidine groups is 1. The first-order valence-corrected chi connectivity index (χ1v) is 9.27. The Labute approximate surface area is 178 Å². The van der Waals surface area contributed by atoms with Gasteiger partial charge in [0.25, 0.3) is 0 Å². The Hall–Kier alpha value is -1.68. The molecule has 1 aromatic carbocycles. The van der Waals surface area contributed by atoms with Crippen molar-refractivity contribution in [1.29, 1.82) is 0 Å². The first kappa shape index (κ1) is 21.6. The van der Waals surface area contributed by atoms with Gasteiger partial charge in [-0.15, -0.1) is 24.0 Å². The summed E-state index contributed by atoms with van der Waals surface area (Å²) < 4.78 is 5.10. The van der Waals surface area contributed by atoms with Gasteiger partial charge in [0.05, 0.1) is 0 Å². The molecule has 2 heterocycles. The second-order valence-corrected chi connectivity index (χ2v) is 6.64. The molecular weight excluding hydrogens is 455 g/mol. The van der Waals surface area contributed by atoms with Crippen LogP contribution in [0.2, 0.25) is 0 Å². The summed E-state index contributed by atoms with van der Waals surface area (Å²) in [7, 11) is 1.77. The van der Waals surface area contributed by atoms with Crippen LogP contribution in [-0.4, -0.2) is 47.7 Å². The van der Waals surface area contributed by atoms with E-state index in [2.05, 4.69) is 54.9 Å². The minimum absolute atomic E-state index is 0. The minimum Gasteiger partial charge on any atom is -0.356 e. The van der Waals surface area contributed by atoms with E-state index in [1.807, 2.05) is 6.92 Å². The number of hydrogen-bond acceptors (Lipinski definition) is 5. The molecule has 1 saturated heterocycles. The molecule has 2 aromatic rings. The molecule has 0 spiro atoms. The molecule has 0 saturated carbocycles. The number of halogens is 1. The number of benzene rings is 1. The lowest BCUT2D eigenvalue weighted by atomic mass is 10.1. The Morgan fingerprint density at radius 2 is 1.85 bits per heavy atom. The molecule has 148 valence electrons. The van der Waals surface area contributed by atoms with Gasteiger partial charge in [0.2, 0.25) is 5.89 Å². The van der Waals surface area contributed by atoms with Crippen LogP contribution in [-0.2, 0) is 19.5 Å². The molecule has 27 heavy (non-hydrogen) atoms. The van der Waals surface area contributed by atoms with Crippen LogP contribution >= 0.6 is 24.0 Å². The summed E-state index contributed by atoms with van der Waals surface area (Å²) >= 11 is 0. The van der Waals surface area contributed by atoms with Gasteiger partial charge < -0.3 is 15.2 Å². The smallest absolute Gasteiger partial charge is 0.228 e. The van der Waals surface area contributed by atoms with Crippen molar-refractivity contribution in [2.24, 2.45) is 4.99 Å². The Morgan fingerprint density at radius 3 is 2.48 bits per heavy atom. The first-order valence-electron chi connectivity index (χ1n) is 9.27. The van der Waals surface area contributed by atoms with Crippen molar-refractivity contribution in [2.45, 2.75) is 39.3 Å². The van der Waals surface area contributed by atoms with Crippen LogP contribution in [0.25, 0.3) is 0 Å². The summed E-state index contributed by atoms with van der Waals surface area (Å²) in [6, 6.07) is 8.83. The van der Waals surface area contributed by atoms with E-state index in [9.17, 15) is 0 Å². The van der Waals surface area contributed by atoms with Crippen LogP contribution in [0.4, 0.5) is 0 Å². The maximum absolute atomic E-state index is 5.10. The predicted molar refractivity (Wildman–Crippen MR) is 117 cm³/mol. The number of nitrogens with zero attached hydrogens (tertiary/aromatic N) is 4. The van der Waals surface area contributed by atoms with E-state index in [1.165, 1.54) is 37.1 Å². The molecule has 3 rings (SSSR count). The van der Waals surface area contributed by atoms with Crippen LogP contribution in [0, 0.1) is 6.92 Å². The van der Waals surface area contributed by atoms with Gasteiger partial charge in [-0.2, -0.15) is 4.98 Å². The number of likely N-dealkylation sites (tertiary alicyclic amines) is 1. The average molecular weight is 484 g/mol. The van der Waals surface area contributed by atoms with Crippen LogP contribution in [0.5, 0.6) is 0 Å². The van der Waals surface area contributed by atoms with E-state index in [0.29, 0.717) is 24.7 Å². The fourth-order valence-corrected chi connectivity index (χ4v) is 3.10. The van der Waals surface area contributed by atoms with Gasteiger partial charge in [-0.3, -0.25) is 9.89 Å². The second kappa shape index (κ2) is 11.2. The fraction of sp³-hybridized carbons (Fsp3) is 0.526. The summed E-state index contributed by atoms with van der Waals surface area (Å²) in [6.45, 7) is 6.77. The highest BCUT2D eigenvalue weighted by molar-refractivity contribution is 14.0. The summed E-state index contributed by atoms with van der Waals surface area (Å²) in [4.78, 5) is 11.0. The van der Waals surface area contributed by atoms with E-state index in [1.54, 1.807) is 7.05 Å². The molecule has 0 aliphatic carbocycles. The summed E-state index contributed by atoms with van der Waals surface area (Å²) in [5.74, 6) is 2.07. The van der Waals surface area contributed by atoms with Gasteiger partial charge in [-0.05, 0) is 44.0 Å². The molecule has 2 N–H and O–H groups in total. The summed E-state index contributed by atoms with van der Waals surface area (Å²) in [5, 5.41) is 10.4. The van der Waals surface area contributed by atoms with Crippen molar-refractivity contribution in [2.75, 3.05) is 26.7 Å². The number of hydrogen-bond donors (Lipinski definition) is 2. The molecule has 0 unspecified atom stereocenters. The molecule has 8 heteroatoms. The molecule has 0 bridgehead atoms. The van der Waals surface area contributed by atoms with E-state index >= 15 is 0 Å². The highest BCUT2D eigenvalue weighted by atomic mass is 127. The largest absolute Gasteiger partial charge is 0.356 e. The zero-order chi connectivity index (χ0) is 18.2. The number of aliphatic imine (C=N–C) groups is 1. The maximum Gasteiger partial charge on any atom is 0.228 e. The highest BCUT2D eigenvalue weighted by Crippen LogP contribution is 2.13. The Balaban J connectivity index is 0.00000261. The van der Waals surface area contributed by atoms with Gasteiger partial charge in [0.1, 0.15) is 0 Å². The van der Waals surface area contributed by atoms with Gasteiger partial charge in [0.15, 0.2) is 11.8 Å². The monoisotopic (exact) mass is 484 g/mol. The normalized spacial score (nSPS) is 14.8. The first-order chi connectivity index (χ1) is 12.7. The van der Waals surface area contributed by atoms with E-state index in [-0.39, 0.29) is 24.0 Å². The second-order valence-electron chi connectivity index (χ2n) is 6.64. The van der Waals surface area contributed by atoms with Crippen molar-refractivity contribution in [3.63, 3.8) is 0 Å². The van der Waals surface area contributed by atoms with Gasteiger partial charge in [-0.1, -0.05) is 29.4 Å². The van der Waals surface area contributed by atoms with Crippen molar-refractivity contribution >= 4 is 29.9 Å². The van der Waals surface area contributed by atoms with Crippen molar-refractivity contribution in [1.82, 2.24) is 25.7 Å². The third kappa shape index (κ3) is 7.10. The third-order valence-electron chi connectivity index (χ3n) is 4.51. The Kier molecular flexibility index (Phi) is 8.99. The molecule has 0 amide bonds.